The lowest BCUT2D eigenvalue weighted by molar-refractivity contribution is 0.481. The van der Waals surface area contributed by atoms with E-state index in [0.717, 1.165) is 0 Å². The van der Waals surface area contributed by atoms with Crippen molar-refractivity contribution in [3.63, 3.8) is 0 Å². The lowest BCUT2D eigenvalue weighted by Gasteiger charge is -2.17. The Hall–Kier alpha value is -0.430. The zero-order valence-corrected chi connectivity index (χ0v) is 9.74. The van der Waals surface area contributed by atoms with Crippen LogP contribution < -0.4 is 0 Å². The predicted molar refractivity (Wildman–Crippen MR) is 61.4 cm³/mol. The maximum atomic E-state index is 2.28. The molecular weight excluding hydrogens is 176 g/mol. The van der Waals surface area contributed by atoms with Crippen molar-refractivity contribution in [1.82, 2.24) is 0 Å². The highest BCUT2D eigenvalue weighted by Crippen LogP contribution is 2.28. The number of hydrogen-bond acceptors (Lipinski definition) is 1. The molecule has 1 rings (SSSR count). The molecule has 0 aromatic heterocycles. The molecule has 1 heteroatoms. The monoisotopic (exact) mass is 194 g/mol. The van der Waals surface area contributed by atoms with Crippen molar-refractivity contribution >= 4 is 11.8 Å². The predicted octanol–water partition coefficient (Wildman–Crippen LogP) is 4.13. The van der Waals surface area contributed by atoms with Gasteiger partial charge >= 0.3 is 0 Å². The van der Waals surface area contributed by atoms with E-state index in [2.05, 4.69) is 52.0 Å². The summed E-state index contributed by atoms with van der Waals surface area (Å²) in [5.74, 6) is 1.18. The highest BCUT2D eigenvalue weighted by Gasteiger charge is 2.10. The Bertz CT molecular complexity index is 271. The zero-order chi connectivity index (χ0) is 9.90. The van der Waals surface area contributed by atoms with Crippen molar-refractivity contribution in [3.8, 4) is 0 Å². The molecular formula is C12H18S. The average molecular weight is 194 g/mol. The van der Waals surface area contributed by atoms with Gasteiger partial charge in [-0.2, -0.15) is 0 Å². The smallest absolute Gasteiger partial charge is 0.0101 e. The van der Waals surface area contributed by atoms with Gasteiger partial charge in [-0.1, -0.05) is 39.0 Å². The molecule has 0 aliphatic rings. The second-order valence-electron chi connectivity index (χ2n) is 4.61. The van der Waals surface area contributed by atoms with Crippen molar-refractivity contribution in [2.75, 3.05) is 5.75 Å². The Balaban J connectivity index is 2.60. The van der Waals surface area contributed by atoms with E-state index in [1.54, 1.807) is 0 Å². The summed E-state index contributed by atoms with van der Waals surface area (Å²) in [7, 11) is 0. The number of benzene rings is 1. The van der Waals surface area contributed by atoms with Crippen molar-refractivity contribution < 1.29 is 0 Å². The van der Waals surface area contributed by atoms with Gasteiger partial charge in [0.1, 0.15) is 0 Å². The van der Waals surface area contributed by atoms with Gasteiger partial charge in [0, 0.05) is 10.6 Å². The van der Waals surface area contributed by atoms with Gasteiger partial charge in [0.05, 0.1) is 0 Å². The Morgan fingerprint density at radius 2 is 1.77 bits per heavy atom. The molecule has 1 aromatic carbocycles. The van der Waals surface area contributed by atoms with Crippen LogP contribution in [-0.2, 0) is 0 Å². The van der Waals surface area contributed by atoms with E-state index < -0.39 is 0 Å². The number of hydrogen-bond donors (Lipinski definition) is 0. The maximum absolute atomic E-state index is 2.28. The van der Waals surface area contributed by atoms with Crippen molar-refractivity contribution in [3.05, 3.63) is 29.8 Å². The van der Waals surface area contributed by atoms with E-state index in [0.29, 0.717) is 5.41 Å². The van der Waals surface area contributed by atoms with Crippen LogP contribution in [0.15, 0.2) is 29.2 Å². The molecule has 0 nitrogen and oxygen atoms in total. The van der Waals surface area contributed by atoms with Crippen LogP contribution in [0.3, 0.4) is 0 Å². The largest absolute Gasteiger partial charge is 0.125 e. The molecule has 0 N–H and O–H groups in total. The Kier molecular flexibility index (Phi) is 3.43. The van der Waals surface area contributed by atoms with E-state index in [-0.39, 0.29) is 0 Å². The molecule has 0 bridgehead atoms. The molecule has 0 spiro atoms. The van der Waals surface area contributed by atoms with Gasteiger partial charge in [-0.25, -0.2) is 0 Å². The molecule has 0 unspecified atom stereocenters. The summed E-state index contributed by atoms with van der Waals surface area (Å²) in [4.78, 5) is 1.41. The van der Waals surface area contributed by atoms with Gasteiger partial charge in [-0.3, -0.25) is 0 Å². The van der Waals surface area contributed by atoms with E-state index in [1.165, 1.54) is 16.2 Å². The summed E-state index contributed by atoms with van der Waals surface area (Å²) in [5, 5.41) is 0. The van der Waals surface area contributed by atoms with Gasteiger partial charge in [0.2, 0.25) is 0 Å². The molecule has 0 saturated carbocycles. The van der Waals surface area contributed by atoms with Gasteiger partial charge in [-0.15, -0.1) is 11.8 Å². The van der Waals surface area contributed by atoms with Crippen molar-refractivity contribution in [1.29, 1.82) is 0 Å². The standard InChI is InChI=1S/C12H18S/c1-10-7-5-6-8-11(10)13-9-12(2,3)4/h5-8H,9H2,1-4H3. The summed E-state index contributed by atoms with van der Waals surface area (Å²) in [6.45, 7) is 9.00. The van der Waals surface area contributed by atoms with Crippen LogP contribution in [-0.4, -0.2) is 5.75 Å². The summed E-state index contributed by atoms with van der Waals surface area (Å²) in [6.07, 6.45) is 0. The second kappa shape index (κ2) is 4.19. The molecule has 0 fully saturated rings. The molecule has 0 aliphatic heterocycles. The number of rotatable bonds is 2. The third kappa shape index (κ3) is 3.86. The van der Waals surface area contributed by atoms with Crippen LogP contribution in [0.5, 0.6) is 0 Å². The second-order valence-corrected chi connectivity index (χ2v) is 5.63. The lowest BCUT2D eigenvalue weighted by Crippen LogP contribution is -2.08. The zero-order valence-electron chi connectivity index (χ0n) is 8.92. The van der Waals surface area contributed by atoms with Gasteiger partial charge in [0.25, 0.3) is 0 Å². The number of aryl methyl sites for hydroxylation is 1. The minimum absolute atomic E-state index is 0.410. The van der Waals surface area contributed by atoms with Crippen molar-refractivity contribution in [2.45, 2.75) is 32.6 Å². The fraction of sp³-hybridized carbons (Fsp3) is 0.500. The van der Waals surface area contributed by atoms with Crippen LogP contribution in [0.4, 0.5) is 0 Å². The molecule has 13 heavy (non-hydrogen) atoms. The molecule has 0 radical (unpaired) electrons. The molecule has 0 saturated heterocycles. The summed E-state index contributed by atoms with van der Waals surface area (Å²) in [5.41, 5.74) is 1.80. The van der Waals surface area contributed by atoms with E-state index in [4.69, 9.17) is 0 Å². The topological polar surface area (TPSA) is 0 Å². The normalized spacial score (nSPS) is 11.7. The first-order valence-corrected chi connectivity index (χ1v) is 5.66. The third-order valence-electron chi connectivity index (χ3n) is 1.75. The van der Waals surface area contributed by atoms with Crippen LogP contribution in [0, 0.1) is 12.3 Å². The van der Waals surface area contributed by atoms with Crippen LogP contribution >= 0.6 is 11.8 Å². The minimum Gasteiger partial charge on any atom is -0.125 e. The fourth-order valence-electron chi connectivity index (χ4n) is 1.01. The van der Waals surface area contributed by atoms with E-state index in [9.17, 15) is 0 Å². The van der Waals surface area contributed by atoms with Crippen LogP contribution in [0.2, 0.25) is 0 Å². The van der Waals surface area contributed by atoms with Gasteiger partial charge < -0.3 is 0 Å². The third-order valence-corrected chi connectivity index (χ3v) is 3.53. The van der Waals surface area contributed by atoms with Gasteiger partial charge in [-0.05, 0) is 24.0 Å². The maximum Gasteiger partial charge on any atom is 0.0101 e. The van der Waals surface area contributed by atoms with Crippen LogP contribution in [0.25, 0.3) is 0 Å². The first-order chi connectivity index (χ1) is 5.99. The van der Waals surface area contributed by atoms with Crippen molar-refractivity contribution in [2.24, 2.45) is 5.41 Å². The van der Waals surface area contributed by atoms with E-state index >= 15 is 0 Å². The summed E-state index contributed by atoms with van der Waals surface area (Å²) >= 11 is 1.95. The molecule has 0 atom stereocenters. The quantitative estimate of drug-likeness (QED) is 0.638. The Morgan fingerprint density at radius 1 is 1.15 bits per heavy atom. The Morgan fingerprint density at radius 3 is 2.31 bits per heavy atom. The molecule has 1 aromatic rings. The number of thioether (sulfide) groups is 1. The molecule has 0 heterocycles. The highest BCUT2D eigenvalue weighted by atomic mass is 32.2. The molecule has 72 valence electrons. The lowest BCUT2D eigenvalue weighted by atomic mass is 10.0. The Labute approximate surface area is 85.7 Å². The summed E-state index contributed by atoms with van der Waals surface area (Å²) < 4.78 is 0. The van der Waals surface area contributed by atoms with E-state index in [1.807, 2.05) is 11.8 Å². The summed E-state index contributed by atoms with van der Waals surface area (Å²) in [6, 6.07) is 8.57. The first kappa shape index (κ1) is 10.6. The van der Waals surface area contributed by atoms with Crippen LogP contribution in [0.1, 0.15) is 26.3 Å². The average Bonchev–Trinajstić information content (AvgIpc) is 2.01. The fourth-order valence-corrected chi connectivity index (χ4v) is 2.07. The SMILES string of the molecule is Cc1ccccc1SCC(C)(C)C. The molecule has 0 amide bonds. The molecule has 0 aliphatic carbocycles. The minimum atomic E-state index is 0.410. The highest BCUT2D eigenvalue weighted by molar-refractivity contribution is 7.99. The first-order valence-electron chi connectivity index (χ1n) is 4.67. The van der Waals surface area contributed by atoms with Gasteiger partial charge in [0.15, 0.2) is 0 Å².